The van der Waals surface area contributed by atoms with E-state index in [0.29, 0.717) is 18.0 Å². The van der Waals surface area contributed by atoms with Crippen LogP contribution in [0.4, 0.5) is 0 Å². The summed E-state index contributed by atoms with van der Waals surface area (Å²) in [5, 5.41) is 11.0. The highest BCUT2D eigenvalue weighted by atomic mass is 16.5. The Morgan fingerprint density at radius 3 is 2.12 bits per heavy atom. The monoisotopic (exact) mass is 427 g/mol. The molecule has 32 heavy (non-hydrogen) atoms. The van der Waals surface area contributed by atoms with Crippen LogP contribution in [0.3, 0.4) is 0 Å². The lowest BCUT2D eigenvalue weighted by atomic mass is 9.91. The van der Waals surface area contributed by atoms with Crippen molar-refractivity contribution >= 4 is 11.5 Å². The number of ether oxygens (including phenoxy) is 1. The number of hydrogen-bond donors (Lipinski definition) is 1. The van der Waals surface area contributed by atoms with Crippen molar-refractivity contribution < 1.29 is 14.6 Å². The third-order valence-corrected chi connectivity index (χ3v) is 6.10. The molecule has 0 aromatic heterocycles. The van der Waals surface area contributed by atoms with Crippen LogP contribution in [0, 0.1) is 6.92 Å². The first-order chi connectivity index (χ1) is 15.4. The first kappa shape index (κ1) is 21.7. The van der Waals surface area contributed by atoms with Gasteiger partial charge < -0.3 is 14.7 Å². The number of aliphatic hydroxyl groups is 1. The number of amides is 1. The van der Waals surface area contributed by atoms with Crippen LogP contribution in [-0.2, 0) is 11.3 Å². The van der Waals surface area contributed by atoms with Crippen molar-refractivity contribution in [2.75, 3.05) is 7.11 Å². The molecule has 4 heteroatoms. The second-order valence-corrected chi connectivity index (χ2v) is 8.63. The fraction of sp³-hybridized carbons (Fsp3) is 0.250. The Kier molecular flexibility index (Phi) is 6.04. The van der Waals surface area contributed by atoms with E-state index >= 15 is 0 Å². The molecule has 0 fully saturated rings. The van der Waals surface area contributed by atoms with E-state index < -0.39 is 0 Å². The number of carbonyl (C=O) groups excluding carboxylic acids is 1. The predicted molar refractivity (Wildman–Crippen MR) is 128 cm³/mol. The number of aryl methyl sites for hydroxylation is 1. The number of hydrogen-bond acceptors (Lipinski definition) is 3. The van der Waals surface area contributed by atoms with Crippen molar-refractivity contribution in [3.05, 3.63) is 106 Å². The molecule has 0 saturated carbocycles. The molecule has 3 aromatic rings. The van der Waals surface area contributed by atoms with Crippen LogP contribution >= 0.6 is 0 Å². The molecule has 1 aliphatic heterocycles. The van der Waals surface area contributed by atoms with E-state index in [0.717, 1.165) is 28.0 Å². The standard InChI is InChI=1S/C28H29NO3/c1-18(2)21-11-13-23(14-12-21)26-25(22-9-5-19(3)6-10-22)27(30)28(31)29(26)17-20-7-15-24(32-4)16-8-20/h5-16,18,26,30H,17H2,1-4H3/t26-/m1/s1. The van der Waals surface area contributed by atoms with E-state index in [-0.39, 0.29) is 17.7 Å². The predicted octanol–water partition coefficient (Wildman–Crippen LogP) is 6.18. The van der Waals surface area contributed by atoms with Crippen LogP contribution in [0.15, 0.2) is 78.6 Å². The number of rotatable bonds is 6. The molecule has 0 bridgehead atoms. The summed E-state index contributed by atoms with van der Waals surface area (Å²) >= 11 is 0. The summed E-state index contributed by atoms with van der Waals surface area (Å²) in [6, 6.07) is 23.6. The topological polar surface area (TPSA) is 49.8 Å². The van der Waals surface area contributed by atoms with Crippen LogP contribution in [-0.4, -0.2) is 23.0 Å². The number of benzene rings is 3. The minimum Gasteiger partial charge on any atom is -0.503 e. The molecule has 0 radical (unpaired) electrons. The van der Waals surface area contributed by atoms with Gasteiger partial charge in [-0.1, -0.05) is 80.1 Å². The highest BCUT2D eigenvalue weighted by Crippen LogP contribution is 2.44. The van der Waals surface area contributed by atoms with Gasteiger partial charge in [-0.05, 0) is 47.2 Å². The highest BCUT2D eigenvalue weighted by Gasteiger charge is 2.41. The summed E-state index contributed by atoms with van der Waals surface area (Å²) in [6.45, 7) is 6.73. The number of carbonyl (C=O) groups is 1. The van der Waals surface area contributed by atoms with Crippen LogP contribution in [0.2, 0.25) is 0 Å². The van der Waals surface area contributed by atoms with Gasteiger partial charge in [0.05, 0.1) is 13.2 Å². The summed E-state index contributed by atoms with van der Waals surface area (Å²) in [7, 11) is 1.63. The molecular weight excluding hydrogens is 398 g/mol. The largest absolute Gasteiger partial charge is 0.503 e. The smallest absolute Gasteiger partial charge is 0.290 e. The molecule has 0 aliphatic carbocycles. The Bertz CT molecular complexity index is 1130. The summed E-state index contributed by atoms with van der Waals surface area (Å²) < 4.78 is 5.25. The molecule has 1 aliphatic rings. The summed E-state index contributed by atoms with van der Waals surface area (Å²) in [4.78, 5) is 15.0. The van der Waals surface area contributed by atoms with Crippen LogP contribution in [0.25, 0.3) is 5.57 Å². The van der Waals surface area contributed by atoms with E-state index in [4.69, 9.17) is 4.74 Å². The van der Waals surface area contributed by atoms with Gasteiger partial charge in [0, 0.05) is 12.1 Å². The van der Waals surface area contributed by atoms with Crippen molar-refractivity contribution in [3.63, 3.8) is 0 Å². The van der Waals surface area contributed by atoms with E-state index in [1.807, 2.05) is 55.5 Å². The first-order valence-electron chi connectivity index (χ1n) is 10.9. The molecule has 4 nitrogen and oxygen atoms in total. The Morgan fingerprint density at radius 1 is 0.938 bits per heavy atom. The van der Waals surface area contributed by atoms with E-state index in [2.05, 4.69) is 38.1 Å². The molecule has 1 N–H and O–H groups in total. The molecule has 4 rings (SSSR count). The number of methoxy groups -OCH3 is 1. The minimum absolute atomic E-state index is 0.180. The maximum absolute atomic E-state index is 13.2. The van der Waals surface area contributed by atoms with E-state index in [1.54, 1.807) is 12.0 Å². The van der Waals surface area contributed by atoms with Gasteiger partial charge in [0.25, 0.3) is 5.91 Å². The Hall–Kier alpha value is -3.53. The van der Waals surface area contributed by atoms with Gasteiger partial charge in [-0.15, -0.1) is 0 Å². The van der Waals surface area contributed by atoms with Crippen LogP contribution in [0.5, 0.6) is 5.75 Å². The lowest BCUT2D eigenvalue weighted by Crippen LogP contribution is -2.29. The zero-order valence-corrected chi connectivity index (χ0v) is 19.0. The zero-order chi connectivity index (χ0) is 22.8. The van der Waals surface area contributed by atoms with Crippen molar-refractivity contribution in [2.24, 2.45) is 0 Å². The average molecular weight is 428 g/mol. The van der Waals surface area contributed by atoms with E-state index in [9.17, 15) is 9.90 Å². The average Bonchev–Trinajstić information content (AvgIpc) is 3.05. The quantitative estimate of drug-likeness (QED) is 0.511. The van der Waals surface area contributed by atoms with Crippen LogP contribution < -0.4 is 4.74 Å². The van der Waals surface area contributed by atoms with E-state index in [1.165, 1.54) is 5.56 Å². The Morgan fingerprint density at radius 2 is 1.56 bits per heavy atom. The Labute approximate surface area is 189 Å². The molecule has 1 amide bonds. The van der Waals surface area contributed by atoms with Gasteiger partial charge in [-0.3, -0.25) is 4.79 Å². The van der Waals surface area contributed by atoms with Crippen molar-refractivity contribution in [1.29, 1.82) is 0 Å². The van der Waals surface area contributed by atoms with Gasteiger partial charge in [-0.2, -0.15) is 0 Å². The SMILES string of the molecule is COc1ccc(CN2C(=O)C(O)=C(c3ccc(C)cc3)[C@H]2c2ccc(C(C)C)cc2)cc1. The van der Waals surface area contributed by atoms with Gasteiger partial charge in [0.15, 0.2) is 5.76 Å². The second-order valence-electron chi connectivity index (χ2n) is 8.63. The normalized spacial score (nSPS) is 16.2. The van der Waals surface area contributed by atoms with Crippen molar-refractivity contribution in [3.8, 4) is 5.75 Å². The van der Waals surface area contributed by atoms with Crippen molar-refractivity contribution in [1.82, 2.24) is 4.90 Å². The number of nitrogens with zero attached hydrogens (tertiary/aromatic N) is 1. The summed E-state index contributed by atoms with van der Waals surface area (Å²) in [6.07, 6.45) is 0. The highest BCUT2D eigenvalue weighted by molar-refractivity contribution is 6.05. The third kappa shape index (κ3) is 4.13. The fourth-order valence-corrected chi connectivity index (χ4v) is 4.18. The molecule has 0 spiro atoms. The molecule has 0 unspecified atom stereocenters. The second kappa shape index (κ2) is 8.91. The summed E-state index contributed by atoms with van der Waals surface area (Å²) in [5.41, 5.74) is 5.84. The maximum Gasteiger partial charge on any atom is 0.290 e. The fourth-order valence-electron chi connectivity index (χ4n) is 4.18. The van der Waals surface area contributed by atoms with Gasteiger partial charge in [-0.25, -0.2) is 0 Å². The van der Waals surface area contributed by atoms with Crippen molar-refractivity contribution in [2.45, 2.75) is 39.3 Å². The lowest BCUT2D eigenvalue weighted by molar-refractivity contribution is -0.130. The molecule has 0 saturated heterocycles. The summed E-state index contributed by atoms with van der Waals surface area (Å²) in [5.74, 6) is 0.656. The molecule has 1 heterocycles. The van der Waals surface area contributed by atoms with Gasteiger partial charge in [0.1, 0.15) is 5.75 Å². The Balaban J connectivity index is 1.77. The third-order valence-electron chi connectivity index (χ3n) is 6.10. The van der Waals surface area contributed by atoms with Gasteiger partial charge in [0.2, 0.25) is 0 Å². The van der Waals surface area contributed by atoms with Crippen LogP contribution in [0.1, 0.15) is 53.6 Å². The molecule has 3 aromatic carbocycles. The first-order valence-corrected chi connectivity index (χ1v) is 10.9. The molecule has 164 valence electrons. The van der Waals surface area contributed by atoms with Gasteiger partial charge >= 0.3 is 0 Å². The molecule has 1 atom stereocenters. The number of aliphatic hydroxyl groups excluding tert-OH is 1. The lowest BCUT2D eigenvalue weighted by Gasteiger charge is -2.28. The minimum atomic E-state index is -0.367. The molecular formula is C28H29NO3. The zero-order valence-electron chi connectivity index (χ0n) is 19.0. The maximum atomic E-state index is 13.2.